The van der Waals surface area contributed by atoms with E-state index in [1.165, 1.54) is 48.9 Å². The Hall–Kier alpha value is -1.32. The molecule has 0 aliphatic carbocycles. The number of nitrogens with zero attached hydrogens (tertiary/aromatic N) is 1. The predicted octanol–water partition coefficient (Wildman–Crippen LogP) is 2.84. The van der Waals surface area contributed by atoms with E-state index >= 15 is 0 Å². The summed E-state index contributed by atoms with van der Waals surface area (Å²) in [5.41, 5.74) is 4.36. The van der Waals surface area contributed by atoms with Crippen molar-refractivity contribution in [2.75, 3.05) is 19.6 Å². The number of aromatic amines is 1. The van der Waals surface area contributed by atoms with Crippen LogP contribution in [0.1, 0.15) is 37.1 Å². The molecule has 2 N–H and O–H groups in total. The molecular weight excluding hydrogens is 246 g/mol. The van der Waals surface area contributed by atoms with E-state index in [2.05, 4.69) is 46.4 Å². The van der Waals surface area contributed by atoms with Crippen LogP contribution in [0.4, 0.5) is 0 Å². The summed E-state index contributed by atoms with van der Waals surface area (Å²) in [6, 6.07) is 10.0. The molecule has 0 saturated carbocycles. The minimum Gasteiger partial charge on any atom is -0.357 e. The fraction of sp³-hybridized carbons (Fsp3) is 0.529. The lowest BCUT2D eigenvalue weighted by atomic mass is 9.88. The van der Waals surface area contributed by atoms with Gasteiger partial charge in [-0.1, -0.05) is 25.1 Å². The molecule has 0 radical (unpaired) electrons. The van der Waals surface area contributed by atoms with Crippen LogP contribution in [-0.2, 0) is 6.42 Å². The zero-order chi connectivity index (χ0) is 13.5. The van der Waals surface area contributed by atoms with Crippen molar-refractivity contribution in [3.05, 3.63) is 35.5 Å². The summed E-state index contributed by atoms with van der Waals surface area (Å²) in [6.45, 7) is 5.74. The molecule has 1 aromatic carbocycles. The fourth-order valence-corrected chi connectivity index (χ4v) is 4.09. The van der Waals surface area contributed by atoms with Crippen molar-refractivity contribution in [2.24, 2.45) is 0 Å². The highest BCUT2D eigenvalue weighted by molar-refractivity contribution is 5.85. The van der Waals surface area contributed by atoms with Crippen molar-refractivity contribution in [1.82, 2.24) is 15.2 Å². The van der Waals surface area contributed by atoms with Gasteiger partial charge in [-0.25, -0.2) is 0 Å². The van der Waals surface area contributed by atoms with Gasteiger partial charge in [0.2, 0.25) is 0 Å². The summed E-state index contributed by atoms with van der Waals surface area (Å²) in [7, 11) is 0. The Morgan fingerprint density at radius 2 is 2.20 bits per heavy atom. The number of H-pyrrole nitrogens is 1. The van der Waals surface area contributed by atoms with Gasteiger partial charge in [0.15, 0.2) is 0 Å². The molecule has 2 aliphatic heterocycles. The summed E-state index contributed by atoms with van der Waals surface area (Å²) in [5, 5.41) is 5.08. The van der Waals surface area contributed by atoms with Crippen molar-refractivity contribution in [3.63, 3.8) is 0 Å². The Bertz CT molecular complexity index is 616. The van der Waals surface area contributed by atoms with Gasteiger partial charge in [-0.2, -0.15) is 0 Å². The third-order valence-electron chi connectivity index (χ3n) is 5.04. The van der Waals surface area contributed by atoms with Crippen LogP contribution in [0.3, 0.4) is 0 Å². The molecule has 0 spiro atoms. The normalized spacial score (nSPS) is 26.4. The number of fused-ring (bicyclic) bond motifs is 5. The first-order valence-electron chi connectivity index (χ1n) is 7.93. The van der Waals surface area contributed by atoms with Crippen LogP contribution in [0.15, 0.2) is 24.3 Å². The molecule has 1 aromatic heterocycles. The molecule has 0 bridgehead atoms. The minimum absolute atomic E-state index is 0.587. The van der Waals surface area contributed by atoms with Crippen LogP contribution < -0.4 is 5.32 Å². The predicted molar refractivity (Wildman–Crippen MR) is 83.0 cm³/mol. The number of hydrogen-bond donors (Lipinski definition) is 2. The second-order valence-electron chi connectivity index (χ2n) is 6.14. The Morgan fingerprint density at radius 1 is 1.30 bits per heavy atom. The van der Waals surface area contributed by atoms with Crippen LogP contribution in [0, 0.1) is 0 Å². The largest absolute Gasteiger partial charge is 0.357 e. The van der Waals surface area contributed by atoms with Crippen LogP contribution in [0.2, 0.25) is 0 Å². The lowest BCUT2D eigenvalue weighted by molar-refractivity contribution is 0.114. The summed E-state index contributed by atoms with van der Waals surface area (Å²) in [6.07, 6.45) is 3.73. The summed E-state index contributed by atoms with van der Waals surface area (Å²) in [4.78, 5) is 6.38. The molecule has 20 heavy (non-hydrogen) atoms. The molecule has 0 unspecified atom stereocenters. The van der Waals surface area contributed by atoms with Crippen molar-refractivity contribution in [2.45, 2.75) is 38.3 Å². The Labute approximate surface area is 120 Å². The number of piperidine rings is 1. The summed E-state index contributed by atoms with van der Waals surface area (Å²) in [5.74, 6) is 0. The van der Waals surface area contributed by atoms with Gasteiger partial charge >= 0.3 is 0 Å². The highest BCUT2D eigenvalue weighted by atomic mass is 15.2. The van der Waals surface area contributed by atoms with Gasteiger partial charge in [0, 0.05) is 35.7 Å². The Morgan fingerprint density at radius 3 is 3.10 bits per heavy atom. The van der Waals surface area contributed by atoms with Crippen LogP contribution in [0.5, 0.6) is 0 Å². The van der Waals surface area contributed by atoms with Crippen molar-refractivity contribution in [1.29, 1.82) is 0 Å². The number of nitrogens with one attached hydrogen (secondary N) is 2. The third kappa shape index (κ3) is 1.88. The second kappa shape index (κ2) is 4.90. The number of rotatable bonds is 2. The van der Waals surface area contributed by atoms with E-state index < -0.39 is 0 Å². The molecular formula is C17H23N3. The number of aromatic nitrogens is 1. The van der Waals surface area contributed by atoms with Crippen LogP contribution >= 0.6 is 0 Å². The third-order valence-corrected chi connectivity index (χ3v) is 5.04. The van der Waals surface area contributed by atoms with Crippen molar-refractivity contribution in [3.8, 4) is 0 Å². The molecule has 2 aromatic rings. The van der Waals surface area contributed by atoms with Crippen LogP contribution in [0.25, 0.3) is 10.9 Å². The maximum Gasteiger partial charge on any atom is 0.0516 e. The van der Waals surface area contributed by atoms with E-state index in [1.807, 2.05) is 0 Å². The topological polar surface area (TPSA) is 31.1 Å². The molecule has 106 valence electrons. The molecule has 1 saturated heterocycles. The molecule has 2 atom stereocenters. The van der Waals surface area contributed by atoms with Crippen molar-refractivity contribution >= 4 is 10.9 Å². The van der Waals surface area contributed by atoms with Gasteiger partial charge in [-0.15, -0.1) is 0 Å². The number of hydrogen-bond acceptors (Lipinski definition) is 2. The van der Waals surface area contributed by atoms with Gasteiger partial charge in [0.25, 0.3) is 0 Å². The smallest absolute Gasteiger partial charge is 0.0516 e. The molecule has 4 rings (SSSR count). The zero-order valence-electron chi connectivity index (χ0n) is 12.2. The fourth-order valence-electron chi connectivity index (χ4n) is 4.09. The SMILES string of the molecule is CCN[C@H]1CCN2CCc3c([nH]c4ccccc34)[C@@H]2C1. The van der Waals surface area contributed by atoms with Gasteiger partial charge in [0.05, 0.1) is 6.04 Å². The second-order valence-corrected chi connectivity index (χ2v) is 6.14. The van der Waals surface area contributed by atoms with Gasteiger partial charge in [0.1, 0.15) is 0 Å². The van der Waals surface area contributed by atoms with E-state index in [0.717, 1.165) is 6.54 Å². The quantitative estimate of drug-likeness (QED) is 0.878. The zero-order valence-corrected chi connectivity index (χ0v) is 12.2. The maximum absolute atomic E-state index is 3.71. The molecule has 3 nitrogen and oxygen atoms in total. The molecule has 3 heteroatoms. The molecule has 2 aliphatic rings. The average Bonchev–Trinajstić information content (AvgIpc) is 2.87. The first-order chi connectivity index (χ1) is 9.86. The standard InChI is InChI=1S/C17H23N3/c1-2-18-12-7-9-20-10-8-14-13-5-3-4-6-15(13)19-17(14)16(20)11-12/h3-6,12,16,18-19H,2,7-11H2,1H3/t12-,16-/m0/s1. The van der Waals surface area contributed by atoms with E-state index in [9.17, 15) is 0 Å². The first-order valence-corrected chi connectivity index (χ1v) is 7.93. The van der Waals surface area contributed by atoms with E-state index in [-0.39, 0.29) is 0 Å². The minimum atomic E-state index is 0.587. The summed E-state index contributed by atoms with van der Waals surface area (Å²) >= 11 is 0. The monoisotopic (exact) mass is 269 g/mol. The average molecular weight is 269 g/mol. The van der Waals surface area contributed by atoms with Gasteiger partial charge < -0.3 is 10.3 Å². The molecule has 3 heterocycles. The first kappa shape index (κ1) is 12.4. The lowest BCUT2D eigenvalue weighted by Gasteiger charge is -2.42. The lowest BCUT2D eigenvalue weighted by Crippen LogP contribution is -2.46. The molecule has 0 amide bonds. The van der Waals surface area contributed by atoms with Gasteiger partial charge in [-0.05, 0) is 37.4 Å². The molecule has 1 fully saturated rings. The highest BCUT2D eigenvalue weighted by Gasteiger charge is 2.34. The Kier molecular flexibility index (Phi) is 3.04. The van der Waals surface area contributed by atoms with E-state index in [1.54, 1.807) is 5.56 Å². The summed E-state index contributed by atoms with van der Waals surface area (Å²) < 4.78 is 0. The number of para-hydroxylation sites is 1. The van der Waals surface area contributed by atoms with E-state index in [4.69, 9.17) is 0 Å². The van der Waals surface area contributed by atoms with Crippen LogP contribution in [-0.4, -0.2) is 35.6 Å². The number of benzene rings is 1. The maximum atomic E-state index is 3.71. The van der Waals surface area contributed by atoms with Crippen molar-refractivity contribution < 1.29 is 0 Å². The Balaban J connectivity index is 1.73. The highest BCUT2D eigenvalue weighted by Crippen LogP contribution is 2.39. The van der Waals surface area contributed by atoms with E-state index in [0.29, 0.717) is 12.1 Å². The van der Waals surface area contributed by atoms with Gasteiger partial charge in [-0.3, -0.25) is 4.90 Å².